The lowest BCUT2D eigenvalue weighted by molar-refractivity contribution is -0.0141. The Labute approximate surface area is 90.9 Å². The van der Waals surface area contributed by atoms with Crippen molar-refractivity contribution < 1.29 is 9.50 Å². The SMILES string of the molecule is CCC(O)(c1ccc(F)c(C)c1)C(C)C. The van der Waals surface area contributed by atoms with Gasteiger partial charge in [0.15, 0.2) is 0 Å². The lowest BCUT2D eigenvalue weighted by Crippen LogP contribution is -2.31. The van der Waals surface area contributed by atoms with Gasteiger partial charge in [-0.05, 0) is 36.5 Å². The smallest absolute Gasteiger partial charge is 0.126 e. The van der Waals surface area contributed by atoms with Crippen LogP contribution >= 0.6 is 0 Å². The summed E-state index contributed by atoms with van der Waals surface area (Å²) in [6.07, 6.45) is 0.635. The molecular formula is C13H19FO. The van der Waals surface area contributed by atoms with Crippen molar-refractivity contribution in [3.63, 3.8) is 0 Å². The third-order valence-corrected chi connectivity index (χ3v) is 3.15. The van der Waals surface area contributed by atoms with Crippen LogP contribution in [0.1, 0.15) is 38.3 Å². The summed E-state index contributed by atoms with van der Waals surface area (Å²) in [5.41, 5.74) is 0.539. The first-order valence-corrected chi connectivity index (χ1v) is 5.40. The molecular weight excluding hydrogens is 191 g/mol. The third-order valence-electron chi connectivity index (χ3n) is 3.15. The number of rotatable bonds is 3. The predicted octanol–water partition coefficient (Wildman–Crippen LogP) is 3.39. The summed E-state index contributed by atoms with van der Waals surface area (Å²) in [7, 11) is 0. The predicted molar refractivity (Wildman–Crippen MR) is 60.2 cm³/mol. The quantitative estimate of drug-likeness (QED) is 0.810. The monoisotopic (exact) mass is 210 g/mol. The normalized spacial score (nSPS) is 15.4. The number of halogens is 1. The summed E-state index contributed by atoms with van der Waals surface area (Å²) in [6.45, 7) is 7.61. The summed E-state index contributed by atoms with van der Waals surface area (Å²) < 4.78 is 13.1. The molecule has 15 heavy (non-hydrogen) atoms. The van der Waals surface area contributed by atoms with E-state index in [-0.39, 0.29) is 11.7 Å². The molecule has 0 aliphatic carbocycles. The van der Waals surface area contributed by atoms with Crippen molar-refractivity contribution in [1.82, 2.24) is 0 Å². The highest BCUT2D eigenvalue weighted by Crippen LogP contribution is 2.33. The second kappa shape index (κ2) is 4.31. The van der Waals surface area contributed by atoms with E-state index < -0.39 is 5.60 Å². The Morgan fingerprint density at radius 3 is 2.40 bits per heavy atom. The van der Waals surface area contributed by atoms with Crippen LogP contribution in [0.2, 0.25) is 0 Å². The van der Waals surface area contributed by atoms with Crippen LogP contribution in [0.4, 0.5) is 4.39 Å². The van der Waals surface area contributed by atoms with Crippen molar-refractivity contribution in [3.8, 4) is 0 Å². The van der Waals surface area contributed by atoms with Crippen molar-refractivity contribution in [1.29, 1.82) is 0 Å². The van der Waals surface area contributed by atoms with Crippen LogP contribution in [0.25, 0.3) is 0 Å². The van der Waals surface area contributed by atoms with E-state index in [2.05, 4.69) is 0 Å². The fourth-order valence-corrected chi connectivity index (χ4v) is 1.86. The number of benzene rings is 1. The molecule has 1 atom stereocenters. The molecule has 2 heteroatoms. The second-order valence-corrected chi connectivity index (χ2v) is 4.40. The van der Waals surface area contributed by atoms with E-state index in [0.29, 0.717) is 12.0 Å². The van der Waals surface area contributed by atoms with E-state index in [9.17, 15) is 9.50 Å². The van der Waals surface area contributed by atoms with Gasteiger partial charge in [0.1, 0.15) is 5.82 Å². The molecule has 0 radical (unpaired) electrons. The summed E-state index contributed by atoms with van der Waals surface area (Å²) >= 11 is 0. The Bertz CT molecular complexity index is 346. The van der Waals surface area contributed by atoms with Crippen molar-refractivity contribution >= 4 is 0 Å². The first-order valence-electron chi connectivity index (χ1n) is 5.40. The first-order chi connectivity index (χ1) is 6.91. The van der Waals surface area contributed by atoms with E-state index in [0.717, 1.165) is 5.56 Å². The molecule has 0 saturated carbocycles. The number of aliphatic hydroxyl groups is 1. The van der Waals surface area contributed by atoms with Crippen LogP contribution in [0.5, 0.6) is 0 Å². The van der Waals surface area contributed by atoms with Gasteiger partial charge in [-0.1, -0.05) is 32.9 Å². The van der Waals surface area contributed by atoms with Gasteiger partial charge in [-0.15, -0.1) is 0 Å². The molecule has 0 aliphatic rings. The highest BCUT2D eigenvalue weighted by molar-refractivity contribution is 5.29. The maximum atomic E-state index is 13.1. The number of hydrogen-bond donors (Lipinski definition) is 1. The van der Waals surface area contributed by atoms with Gasteiger partial charge in [0.05, 0.1) is 5.60 Å². The molecule has 1 aromatic rings. The van der Waals surface area contributed by atoms with Crippen LogP contribution in [-0.2, 0) is 5.60 Å². The van der Waals surface area contributed by atoms with Gasteiger partial charge in [0.2, 0.25) is 0 Å². The van der Waals surface area contributed by atoms with Gasteiger partial charge in [-0.25, -0.2) is 4.39 Å². The lowest BCUT2D eigenvalue weighted by Gasteiger charge is -2.32. The van der Waals surface area contributed by atoms with Crippen molar-refractivity contribution in [3.05, 3.63) is 35.1 Å². The maximum absolute atomic E-state index is 13.1. The zero-order chi connectivity index (χ0) is 11.6. The molecule has 0 aromatic heterocycles. The van der Waals surface area contributed by atoms with Crippen molar-refractivity contribution in [2.24, 2.45) is 5.92 Å². The molecule has 1 unspecified atom stereocenters. The summed E-state index contributed by atoms with van der Waals surface area (Å²) in [5.74, 6) is -0.103. The molecule has 1 aromatic carbocycles. The van der Waals surface area contributed by atoms with E-state index in [1.165, 1.54) is 6.07 Å². The van der Waals surface area contributed by atoms with Gasteiger partial charge in [0, 0.05) is 0 Å². The highest BCUT2D eigenvalue weighted by atomic mass is 19.1. The molecule has 1 rings (SSSR count). The largest absolute Gasteiger partial charge is 0.385 e. The molecule has 0 fully saturated rings. The fraction of sp³-hybridized carbons (Fsp3) is 0.538. The Kier molecular flexibility index (Phi) is 3.50. The number of aryl methyl sites for hydroxylation is 1. The zero-order valence-corrected chi connectivity index (χ0v) is 9.84. The summed E-state index contributed by atoms with van der Waals surface area (Å²) in [4.78, 5) is 0. The maximum Gasteiger partial charge on any atom is 0.126 e. The van der Waals surface area contributed by atoms with Crippen LogP contribution < -0.4 is 0 Å². The van der Waals surface area contributed by atoms with Gasteiger partial charge in [-0.3, -0.25) is 0 Å². The fourth-order valence-electron chi connectivity index (χ4n) is 1.86. The zero-order valence-electron chi connectivity index (χ0n) is 9.84. The Morgan fingerprint density at radius 2 is 2.00 bits per heavy atom. The Morgan fingerprint density at radius 1 is 1.40 bits per heavy atom. The minimum atomic E-state index is -0.849. The van der Waals surface area contributed by atoms with Crippen molar-refractivity contribution in [2.75, 3.05) is 0 Å². The van der Waals surface area contributed by atoms with Crippen LogP contribution in [0.15, 0.2) is 18.2 Å². The highest BCUT2D eigenvalue weighted by Gasteiger charge is 2.31. The van der Waals surface area contributed by atoms with Crippen LogP contribution in [0, 0.1) is 18.7 Å². The van der Waals surface area contributed by atoms with Crippen LogP contribution in [0.3, 0.4) is 0 Å². The lowest BCUT2D eigenvalue weighted by atomic mass is 9.81. The average molecular weight is 210 g/mol. The topological polar surface area (TPSA) is 20.2 Å². The summed E-state index contributed by atoms with van der Waals surface area (Å²) in [5, 5.41) is 10.5. The third kappa shape index (κ3) is 2.20. The average Bonchev–Trinajstić information content (AvgIpc) is 2.20. The molecule has 0 spiro atoms. The molecule has 1 nitrogen and oxygen atoms in total. The molecule has 84 valence electrons. The minimum Gasteiger partial charge on any atom is -0.385 e. The van der Waals surface area contributed by atoms with Crippen molar-refractivity contribution in [2.45, 2.75) is 39.7 Å². The van der Waals surface area contributed by atoms with Gasteiger partial charge in [0.25, 0.3) is 0 Å². The van der Waals surface area contributed by atoms with E-state index >= 15 is 0 Å². The Hall–Kier alpha value is -0.890. The van der Waals surface area contributed by atoms with Gasteiger partial charge >= 0.3 is 0 Å². The van der Waals surface area contributed by atoms with E-state index in [4.69, 9.17) is 0 Å². The molecule has 0 amide bonds. The minimum absolute atomic E-state index is 0.118. The first kappa shape index (κ1) is 12.2. The Balaban J connectivity index is 3.19. The molecule has 0 aliphatic heterocycles. The van der Waals surface area contributed by atoms with E-state index in [1.54, 1.807) is 19.1 Å². The molecule has 0 heterocycles. The number of hydrogen-bond acceptors (Lipinski definition) is 1. The second-order valence-electron chi connectivity index (χ2n) is 4.40. The molecule has 1 N–H and O–H groups in total. The van der Waals surface area contributed by atoms with Crippen LogP contribution in [-0.4, -0.2) is 5.11 Å². The summed E-state index contributed by atoms with van der Waals surface area (Å²) in [6, 6.07) is 4.83. The standard InChI is InChI=1S/C13H19FO/c1-5-13(15,9(2)3)11-6-7-12(14)10(4)8-11/h6-9,15H,5H2,1-4H3. The molecule has 0 saturated heterocycles. The molecule has 0 bridgehead atoms. The van der Waals surface area contributed by atoms with Gasteiger partial charge in [-0.2, -0.15) is 0 Å². The van der Waals surface area contributed by atoms with E-state index in [1.807, 2.05) is 20.8 Å². The van der Waals surface area contributed by atoms with Gasteiger partial charge < -0.3 is 5.11 Å².